The first kappa shape index (κ1) is 21.0. The van der Waals surface area contributed by atoms with Crippen LogP contribution in [0.3, 0.4) is 0 Å². The number of anilines is 1. The van der Waals surface area contributed by atoms with Gasteiger partial charge in [-0.05, 0) is 78.7 Å². The van der Waals surface area contributed by atoms with Crippen LogP contribution in [0, 0.1) is 5.92 Å². The Labute approximate surface area is 171 Å². The molecule has 3 heterocycles. The molecule has 0 unspecified atom stereocenters. The van der Waals surface area contributed by atoms with Crippen molar-refractivity contribution in [1.29, 1.82) is 0 Å². The lowest BCUT2D eigenvalue weighted by Gasteiger charge is -2.29. The van der Waals surface area contributed by atoms with Crippen LogP contribution in [0.15, 0.2) is 23.7 Å². The van der Waals surface area contributed by atoms with Crippen molar-refractivity contribution in [3.63, 3.8) is 0 Å². The van der Waals surface area contributed by atoms with Crippen molar-refractivity contribution in [2.45, 2.75) is 58.8 Å². The monoisotopic (exact) mass is 404 g/mol. The van der Waals surface area contributed by atoms with Crippen molar-refractivity contribution in [2.24, 2.45) is 5.92 Å². The van der Waals surface area contributed by atoms with Gasteiger partial charge in [0.25, 0.3) is 5.91 Å². The van der Waals surface area contributed by atoms with Crippen LogP contribution in [0.5, 0.6) is 0 Å². The molecule has 1 fully saturated rings. The highest BCUT2D eigenvalue weighted by atomic mass is 32.1. The van der Waals surface area contributed by atoms with Crippen LogP contribution in [-0.2, 0) is 16.9 Å². The van der Waals surface area contributed by atoms with Crippen molar-refractivity contribution in [1.82, 2.24) is 14.5 Å². The van der Waals surface area contributed by atoms with Gasteiger partial charge >= 0.3 is 0 Å². The summed E-state index contributed by atoms with van der Waals surface area (Å²) in [7, 11) is 2.17. The van der Waals surface area contributed by atoms with Gasteiger partial charge in [-0.2, -0.15) is 0 Å². The first-order valence-corrected chi connectivity index (χ1v) is 10.9. The van der Waals surface area contributed by atoms with Crippen LogP contribution in [0.25, 0.3) is 0 Å². The molecule has 3 rings (SSSR count). The fourth-order valence-corrected chi connectivity index (χ4v) is 4.58. The lowest BCUT2D eigenvalue weighted by Crippen LogP contribution is -2.32. The van der Waals surface area contributed by atoms with Gasteiger partial charge in [0.2, 0.25) is 0 Å². The number of nitrogens with one attached hydrogen (secondary N) is 1. The molecule has 0 aliphatic carbocycles. The fourth-order valence-electron chi connectivity index (χ4n) is 3.72. The van der Waals surface area contributed by atoms with Crippen molar-refractivity contribution in [3.8, 4) is 0 Å². The van der Waals surface area contributed by atoms with E-state index in [1.54, 1.807) is 0 Å². The van der Waals surface area contributed by atoms with Crippen LogP contribution < -0.4 is 5.32 Å². The van der Waals surface area contributed by atoms with Gasteiger partial charge in [0.15, 0.2) is 5.13 Å². The molecular weight excluding hydrogens is 372 g/mol. The topological polar surface area (TPSA) is 59.4 Å². The van der Waals surface area contributed by atoms with Crippen LogP contribution in [0.2, 0.25) is 0 Å². The number of piperidine rings is 1. The molecule has 1 aliphatic heterocycles. The lowest BCUT2D eigenvalue weighted by molar-refractivity contribution is -0.0623. The van der Waals surface area contributed by atoms with Crippen molar-refractivity contribution in [3.05, 3.63) is 35.1 Å². The van der Waals surface area contributed by atoms with E-state index in [0.29, 0.717) is 16.7 Å². The second kappa shape index (κ2) is 8.76. The van der Waals surface area contributed by atoms with Crippen LogP contribution in [0.4, 0.5) is 5.13 Å². The van der Waals surface area contributed by atoms with Crippen LogP contribution in [0.1, 0.15) is 56.7 Å². The van der Waals surface area contributed by atoms with E-state index in [1.165, 1.54) is 24.2 Å². The number of rotatable bonds is 7. The molecule has 2 aromatic rings. The van der Waals surface area contributed by atoms with Gasteiger partial charge in [-0.3, -0.25) is 10.1 Å². The number of nitrogens with zero attached hydrogens (tertiary/aromatic N) is 3. The number of carbonyl (C=O) groups excluding carboxylic acids is 1. The molecule has 1 amide bonds. The summed E-state index contributed by atoms with van der Waals surface area (Å²) in [5.41, 5.74) is 1.04. The maximum Gasteiger partial charge on any atom is 0.274 e. The highest BCUT2D eigenvalue weighted by Crippen LogP contribution is 2.29. The van der Waals surface area contributed by atoms with Gasteiger partial charge in [0, 0.05) is 18.1 Å². The Hall–Kier alpha value is -1.70. The van der Waals surface area contributed by atoms with E-state index in [-0.39, 0.29) is 12.0 Å². The van der Waals surface area contributed by atoms with Gasteiger partial charge in [-0.25, -0.2) is 4.98 Å². The zero-order valence-corrected chi connectivity index (χ0v) is 18.4. The summed E-state index contributed by atoms with van der Waals surface area (Å²) in [6.07, 6.45) is 4.46. The maximum atomic E-state index is 12.8. The van der Waals surface area contributed by atoms with Gasteiger partial charge < -0.3 is 14.2 Å². The minimum Gasteiger partial charge on any atom is -0.367 e. The summed E-state index contributed by atoms with van der Waals surface area (Å²) >= 11 is 1.43. The minimum absolute atomic E-state index is 0.109. The summed E-state index contributed by atoms with van der Waals surface area (Å²) < 4.78 is 8.02. The normalized spacial score (nSPS) is 16.6. The molecule has 154 valence electrons. The Morgan fingerprint density at radius 3 is 2.79 bits per heavy atom. The maximum absolute atomic E-state index is 12.8. The third-order valence-electron chi connectivity index (χ3n) is 5.23. The Morgan fingerprint density at radius 1 is 1.39 bits per heavy atom. The van der Waals surface area contributed by atoms with Crippen molar-refractivity contribution >= 4 is 22.4 Å². The number of ether oxygens (including phenoxy) is 1. The number of amides is 1. The molecule has 2 aromatic heterocycles. The Morgan fingerprint density at radius 2 is 2.11 bits per heavy atom. The number of likely N-dealkylation sites (tertiary alicyclic amines) is 1. The molecule has 6 nitrogen and oxygen atoms in total. The van der Waals surface area contributed by atoms with Gasteiger partial charge in [0.1, 0.15) is 11.3 Å². The SMILES string of the molecule is CC(C)OC(C)(C)c1csc(NC(=O)c2cccn2CC2CCN(C)CC2)n1. The number of hydrogen-bond acceptors (Lipinski definition) is 5. The number of carbonyl (C=O) groups is 1. The summed E-state index contributed by atoms with van der Waals surface area (Å²) in [4.78, 5) is 19.8. The van der Waals surface area contributed by atoms with E-state index in [9.17, 15) is 4.79 Å². The average molecular weight is 405 g/mol. The molecule has 1 saturated heterocycles. The highest BCUT2D eigenvalue weighted by Gasteiger charge is 2.26. The average Bonchev–Trinajstić information content (AvgIpc) is 3.25. The van der Waals surface area contributed by atoms with E-state index in [1.807, 2.05) is 51.4 Å². The predicted octanol–water partition coefficient (Wildman–Crippen LogP) is 4.20. The Balaban J connectivity index is 1.64. The zero-order chi connectivity index (χ0) is 20.3. The second-order valence-electron chi connectivity index (χ2n) is 8.46. The van der Waals surface area contributed by atoms with E-state index in [2.05, 4.69) is 26.8 Å². The molecule has 7 heteroatoms. The quantitative estimate of drug-likeness (QED) is 0.751. The molecule has 1 N–H and O–H groups in total. The first-order chi connectivity index (χ1) is 13.2. The third-order valence-corrected chi connectivity index (χ3v) is 5.98. The van der Waals surface area contributed by atoms with Crippen LogP contribution in [-0.4, -0.2) is 46.6 Å². The van der Waals surface area contributed by atoms with Gasteiger partial charge in [0.05, 0.1) is 11.8 Å². The third kappa shape index (κ3) is 5.21. The molecule has 0 radical (unpaired) electrons. The van der Waals surface area contributed by atoms with Gasteiger partial charge in [-0.15, -0.1) is 11.3 Å². The second-order valence-corrected chi connectivity index (χ2v) is 9.32. The molecule has 28 heavy (non-hydrogen) atoms. The van der Waals surface area contributed by atoms with Crippen molar-refractivity contribution < 1.29 is 9.53 Å². The Kier molecular flexibility index (Phi) is 6.58. The minimum atomic E-state index is -0.484. The smallest absolute Gasteiger partial charge is 0.274 e. The molecule has 0 atom stereocenters. The number of aromatic nitrogens is 2. The molecular formula is C21H32N4O2S. The van der Waals surface area contributed by atoms with E-state index < -0.39 is 5.60 Å². The van der Waals surface area contributed by atoms with E-state index in [0.717, 1.165) is 25.3 Å². The Bertz CT molecular complexity index is 788. The van der Waals surface area contributed by atoms with E-state index >= 15 is 0 Å². The molecule has 0 bridgehead atoms. The lowest BCUT2D eigenvalue weighted by atomic mass is 9.97. The highest BCUT2D eigenvalue weighted by molar-refractivity contribution is 7.14. The zero-order valence-electron chi connectivity index (χ0n) is 17.6. The summed E-state index contributed by atoms with van der Waals surface area (Å²) in [5, 5.41) is 5.52. The molecule has 1 aliphatic rings. The largest absolute Gasteiger partial charge is 0.367 e. The summed E-state index contributed by atoms with van der Waals surface area (Å²) in [6.45, 7) is 11.2. The number of thiazole rings is 1. The number of hydrogen-bond donors (Lipinski definition) is 1. The summed E-state index contributed by atoms with van der Waals surface area (Å²) in [5.74, 6) is 0.511. The standard InChI is InChI=1S/C21H32N4O2S/c1-15(2)27-21(3,4)18-14-28-20(22-18)23-19(26)17-7-6-10-25(17)13-16-8-11-24(5)12-9-16/h6-7,10,14-16H,8-9,11-13H2,1-5H3,(H,22,23,26). The van der Waals surface area contributed by atoms with E-state index in [4.69, 9.17) is 4.74 Å². The molecule has 0 aromatic carbocycles. The fraction of sp³-hybridized carbons (Fsp3) is 0.619. The predicted molar refractivity (Wildman–Crippen MR) is 114 cm³/mol. The first-order valence-electron chi connectivity index (χ1n) is 10.0. The summed E-state index contributed by atoms with van der Waals surface area (Å²) in [6, 6.07) is 3.82. The van der Waals surface area contributed by atoms with Crippen LogP contribution >= 0.6 is 11.3 Å². The van der Waals surface area contributed by atoms with Crippen molar-refractivity contribution in [2.75, 3.05) is 25.5 Å². The molecule has 0 saturated carbocycles. The van der Waals surface area contributed by atoms with Gasteiger partial charge in [-0.1, -0.05) is 0 Å². The molecule has 0 spiro atoms.